The lowest BCUT2D eigenvalue weighted by molar-refractivity contribution is -0.0000144. The quantitative estimate of drug-likeness (QED) is 0.536. The molecule has 126 valence electrons. The molecule has 1 aromatic carbocycles. The monoisotopic (exact) mass is 338 g/mol. The van der Waals surface area contributed by atoms with E-state index in [9.17, 15) is 14.7 Å². The first kappa shape index (κ1) is 19.0. The van der Waals surface area contributed by atoms with Crippen molar-refractivity contribution in [3.63, 3.8) is 0 Å². The lowest BCUT2D eigenvalue weighted by Gasteiger charge is -2.13. The fourth-order valence-electron chi connectivity index (χ4n) is 2.44. The molecule has 7 heteroatoms. The second-order valence-corrected chi connectivity index (χ2v) is 4.90. The zero-order chi connectivity index (χ0) is 16.1. The Bertz CT molecular complexity index is 743. The van der Waals surface area contributed by atoms with Crippen LogP contribution in [0.5, 0.6) is 5.75 Å². The van der Waals surface area contributed by atoms with Crippen molar-refractivity contribution in [3.8, 4) is 5.75 Å². The van der Waals surface area contributed by atoms with E-state index in [0.29, 0.717) is 30.5 Å². The Labute approximate surface area is 140 Å². The van der Waals surface area contributed by atoms with E-state index < -0.39 is 11.5 Å². The summed E-state index contributed by atoms with van der Waals surface area (Å²) in [7, 11) is 0. The molecular formula is C16H21ClN3O3-. The molecule has 0 saturated heterocycles. The van der Waals surface area contributed by atoms with E-state index in [2.05, 4.69) is 10.6 Å². The van der Waals surface area contributed by atoms with E-state index in [1.807, 2.05) is 13.8 Å². The third-order valence-corrected chi connectivity index (χ3v) is 3.53. The standard InChI is InChI=1S/C16H21N3O3.ClH/c1-3-17-9-10-18-15(21)13-14(20)11-7-5-6-8-12(11)19(4-2)16(13)22;/h5-8,17,20H,3-4,9-10H2,1-2H3,(H,18,21);1H/p-1. The summed E-state index contributed by atoms with van der Waals surface area (Å²) in [4.78, 5) is 24.7. The highest BCUT2D eigenvalue weighted by molar-refractivity contribution is 6.02. The molecule has 1 amide bonds. The number of hydrogen-bond donors (Lipinski definition) is 3. The predicted molar refractivity (Wildman–Crippen MR) is 86.4 cm³/mol. The van der Waals surface area contributed by atoms with Crippen LogP contribution >= 0.6 is 0 Å². The summed E-state index contributed by atoms with van der Waals surface area (Å²) in [5, 5.41) is 16.6. The number of likely N-dealkylation sites (N-methyl/N-ethyl adjacent to an activating group) is 1. The smallest absolute Gasteiger partial charge is 0.267 e. The molecule has 0 spiro atoms. The maximum Gasteiger partial charge on any atom is 0.267 e. The van der Waals surface area contributed by atoms with E-state index in [4.69, 9.17) is 0 Å². The highest BCUT2D eigenvalue weighted by Gasteiger charge is 2.21. The average Bonchev–Trinajstić information content (AvgIpc) is 2.52. The van der Waals surface area contributed by atoms with Crippen molar-refractivity contribution in [1.82, 2.24) is 15.2 Å². The number of carbonyl (C=O) groups is 1. The Hall–Kier alpha value is -2.05. The molecule has 23 heavy (non-hydrogen) atoms. The summed E-state index contributed by atoms with van der Waals surface area (Å²) in [5.41, 5.74) is -0.0478. The zero-order valence-corrected chi connectivity index (χ0v) is 14.0. The van der Waals surface area contributed by atoms with Crippen molar-refractivity contribution in [2.75, 3.05) is 19.6 Å². The molecular weight excluding hydrogens is 318 g/mol. The van der Waals surface area contributed by atoms with Gasteiger partial charge in [0, 0.05) is 25.0 Å². The van der Waals surface area contributed by atoms with Gasteiger partial charge in [-0.3, -0.25) is 9.59 Å². The first-order valence-corrected chi connectivity index (χ1v) is 7.45. The van der Waals surface area contributed by atoms with Crippen molar-refractivity contribution in [2.45, 2.75) is 20.4 Å². The van der Waals surface area contributed by atoms with Gasteiger partial charge in [-0.1, -0.05) is 19.1 Å². The summed E-state index contributed by atoms with van der Waals surface area (Å²) in [6.07, 6.45) is 0. The molecule has 0 atom stereocenters. The molecule has 0 bridgehead atoms. The molecule has 0 unspecified atom stereocenters. The molecule has 0 aliphatic heterocycles. The number of aryl methyl sites for hydroxylation is 1. The molecule has 2 rings (SSSR count). The Morgan fingerprint density at radius 1 is 1.22 bits per heavy atom. The molecule has 0 saturated carbocycles. The normalized spacial score (nSPS) is 10.3. The SMILES string of the molecule is CCNCCNC(=O)c1c(O)c2ccccc2n(CC)c1=O.[Cl-]. The molecule has 6 nitrogen and oxygen atoms in total. The number of benzene rings is 1. The number of nitrogens with zero attached hydrogens (tertiary/aromatic N) is 1. The Balaban J connectivity index is 0.00000264. The van der Waals surface area contributed by atoms with Gasteiger partial charge in [-0.25, -0.2) is 0 Å². The Morgan fingerprint density at radius 2 is 1.91 bits per heavy atom. The van der Waals surface area contributed by atoms with Gasteiger partial charge in [0.2, 0.25) is 0 Å². The third-order valence-electron chi connectivity index (χ3n) is 3.53. The van der Waals surface area contributed by atoms with Crippen molar-refractivity contribution in [2.24, 2.45) is 0 Å². The lowest BCUT2D eigenvalue weighted by Crippen LogP contribution is -3.00. The van der Waals surface area contributed by atoms with Crippen molar-refractivity contribution in [3.05, 3.63) is 40.2 Å². The fourth-order valence-corrected chi connectivity index (χ4v) is 2.44. The summed E-state index contributed by atoms with van der Waals surface area (Å²) in [5.74, 6) is -0.806. The molecule has 1 heterocycles. The van der Waals surface area contributed by atoms with Crippen LogP contribution in [-0.4, -0.2) is 35.2 Å². The highest BCUT2D eigenvalue weighted by atomic mass is 35.5. The Kier molecular flexibility index (Phi) is 7.06. The maximum atomic E-state index is 12.5. The number of nitrogens with one attached hydrogen (secondary N) is 2. The number of amides is 1. The zero-order valence-electron chi connectivity index (χ0n) is 13.2. The first-order valence-electron chi connectivity index (χ1n) is 7.45. The van der Waals surface area contributed by atoms with Crippen molar-refractivity contribution < 1.29 is 22.3 Å². The van der Waals surface area contributed by atoms with Crippen LogP contribution in [0.2, 0.25) is 0 Å². The number of fused-ring (bicyclic) bond motifs is 1. The number of hydrogen-bond acceptors (Lipinski definition) is 4. The number of carbonyl (C=O) groups excluding carboxylic acids is 1. The summed E-state index contributed by atoms with van der Waals surface area (Å²) in [6, 6.07) is 7.02. The van der Waals surface area contributed by atoms with Crippen LogP contribution in [0.3, 0.4) is 0 Å². The van der Waals surface area contributed by atoms with Crippen molar-refractivity contribution in [1.29, 1.82) is 0 Å². The second kappa shape index (κ2) is 8.55. The van der Waals surface area contributed by atoms with E-state index in [0.717, 1.165) is 6.54 Å². The molecule has 0 aliphatic rings. The van der Waals surface area contributed by atoms with Crippen molar-refractivity contribution >= 4 is 16.8 Å². The van der Waals surface area contributed by atoms with Gasteiger partial charge < -0.3 is 32.7 Å². The van der Waals surface area contributed by atoms with Crippen LogP contribution in [0.1, 0.15) is 24.2 Å². The van der Waals surface area contributed by atoms with Gasteiger partial charge in [0.1, 0.15) is 11.3 Å². The summed E-state index contributed by atoms with van der Waals surface area (Å²) >= 11 is 0. The first-order chi connectivity index (χ1) is 10.6. The van der Waals surface area contributed by atoms with E-state index >= 15 is 0 Å². The maximum absolute atomic E-state index is 12.5. The number of pyridine rings is 1. The van der Waals surface area contributed by atoms with Gasteiger partial charge in [-0.15, -0.1) is 0 Å². The van der Waals surface area contributed by atoms with Crippen LogP contribution in [0.15, 0.2) is 29.1 Å². The van der Waals surface area contributed by atoms with E-state index in [1.165, 1.54) is 4.57 Å². The molecule has 0 aliphatic carbocycles. The predicted octanol–water partition coefficient (Wildman–Crippen LogP) is -1.93. The van der Waals surface area contributed by atoms with Crippen LogP contribution < -0.4 is 28.6 Å². The number of aromatic hydroxyl groups is 1. The van der Waals surface area contributed by atoms with Gasteiger partial charge in [-0.2, -0.15) is 0 Å². The fraction of sp³-hybridized carbons (Fsp3) is 0.375. The summed E-state index contributed by atoms with van der Waals surface area (Å²) in [6.45, 7) is 6.04. The van der Waals surface area contributed by atoms with E-state index in [-0.39, 0.29) is 23.7 Å². The van der Waals surface area contributed by atoms with Gasteiger partial charge in [0.15, 0.2) is 0 Å². The van der Waals surface area contributed by atoms with Gasteiger partial charge in [0.25, 0.3) is 11.5 Å². The van der Waals surface area contributed by atoms with E-state index in [1.54, 1.807) is 24.3 Å². The van der Waals surface area contributed by atoms with Gasteiger partial charge in [0.05, 0.1) is 5.52 Å². The molecule has 2 aromatic rings. The van der Waals surface area contributed by atoms with Crippen LogP contribution in [0.4, 0.5) is 0 Å². The number of para-hydroxylation sites is 1. The minimum absolute atomic E-state index is 0. The Morgan fingerprint density at radius 3 is 2.57 bits per heavy atom. The van der Waals surface area contributed by atoms with Crippen LogP contribution in [0, 0.1) is 0 Å². The average molecular weight is 339 g/mol. The summed E-state index contributed by atoms with van der Waals surface area (Å²) < 4.78 is 1.49. The highest BCUT2D eigenvalue weighted by Crippen LogP contribution is 2.25. The topological polar surface area (TPSA) is 83.4 Å². The molecule has 0 radical (unpaired) electrons. The molecule has 1 aromatic heterocycles. The van der Waals surface area contributed by atoms with Gasteiger partial charge in [-0.05, 0) is 25.6 Å². The number of halogens is 1. The molecule has 3 N–H and O–H groups in total. The van der Waals surface area contributed by atoms with Crippen LogP contribution in [0.25, 0.3) is 10.9 Å². The largest absolute Gasteiger partial charge is 1.00 e. The minimum Gasteiger partial charge on any atom is -1.00 e. The van der Waals surface area contributed by atoms with Gasteiger partial charge >= 0.3 is 0 Å². The number of aromatic nitrogens is 1. The number of rotatable bonds is 6. The lowest BCUT2D eigenvalue weighted by atomic mass is 10.1. The minimum atomic E-state index is -0.548. The second-order valence-electron chi connectivity index (χ2n) is 4.90. The van der Waals surface area contributed by atoms with Crippen LogP contribution in [-0.2, 0) is 6.54 Å². The third kappa shape index (κ3) is 3.83. The molecule has 0 fully saturated rings.